The van der Waals surface area contributed by atoms with E-state index in [1.54, 1.807) is 6.26 Å². The summed E-state index contributed by atoms with van der Waals surface area (Å²) < 4.78 is 4.92. The van der Waals surface area contributed by atoms with Crippen molar-refractivity contribution in [1.82, 2.24) is 0 Å². The molecule has 0 aromatic heterocycles. The Labute approximate surface area is 47.8 Å². The third-order valence-electron chi connectivity index (χ3n) is 0.595. The zero-order valence-corrected chi connectivity index (χ0v) is 6.98. The molecule has 7 heavy (non-hydrogen) atoms. The van der Waals surface area contributed by atoms with Crippen molar-refractivity contribution in [2.75, 3.05) is 6.61 Å². The summed E-state index contributed by atoms with van der Waals surface area (Å²) in [7, 11) is 1.24. The third kappa shape index (κ3) is 5.76. The summed E-state index contributed by atoms with van der Waals surface area (Å²) >= 11 is 0. The quantitative estimate of drug-likeness (QED) is 0.381. The van der Waals surface area contributed by atoms with Crippen molar-refractivity contribution in [3.63, 3.8) is 0 Å². The number of hydrogen-bond acceptors (Lipinski definition) is 1. The maximum Gasteiger partial charge on any atom is 0.0845 e. The van der Waals surface area contributed by atoms with Gasteiger partial charge in [-0.3, -0.25) is 0 Å². The summed E-state index contributed by atoms with van der Waals surface area (Å²) in [6.45, 7) is 2.77. The molecule has 0 rings (SSSR count). The second-order valence-corrected chi connectivity index (χ2v) is 2.05. The van der Waals surface area contributed by atoms with Gasteiger partial charge in [0.05, 0.1) is 12.9 Å². The summed E-state index contributed by atoms with van der Waals surface area (Å²) in [6, 6.07) is 1.19. The van der Waals surface area contributed by atoms with Crippen molar-refractivity contribution in [2.24, 2.45) is 0 Å². The van der Waals surface area contributed by atoms with Crippen LogP contribution < -0.4 is 0 Å². The van der Waals surface area contributed by atoms with E-state index in [1.165, 1.54) is 16.3 Å². The first-order chi connectivity index (χ1) is 3.41. The molecule has 0 aromatic carbocycles. The Morgan fingerprint density at radius 3 is 2.86 bits per heavy atom. The van der Waals surface area contributed by atoms with Crippen LogP contribution in [0.1, 0.15) is 6.92 Å². The summed E-state index contributed by atoms with van der Waals surface area (Å²) in [5.41, 5.74) is 0. The molecule has 0 heterocycles. The summed E-state index contributed by atoms with van der Waals surface area (Å²) in [5, 5.41) is 0. The normalized spacial score (nSPS) is 10.4. The standard InChI is InChI=1S/C5H12OSi/c1-2-6-4-3-5-7/h3-4H,2,5H2,1,7H3. The highest BCUT2D eigenvalue weighted by Crippen LogP contribution is 1.78. The van der Waals surface area contributed by atoms with Crippen LogP contribution in [0.3, 0.4) is 0 Å². The van der Waals surface area contributed by atoms with Gasteiger partial charge in [0.25, 0.3) is 0 Å². The monoisotopic (exact) mass is 116 g/mol. The SMILES string of the molecule is CCOC=CC[SiH3]. The van der Waals surface area contributed by atoms with Crippen molar-refractivity contribution < 1.29 is 4.74 Å². The van der Waals surface area contributed by atoms with Gasteiger partial charge in [0.1, 0.15) is 0 Å². The molecule has 0 atom stereocenters. The molecular weight excluding hydrogens is 104 g/mol. The number of ether oxygens (including phenoxy) is 1. The Morgan fingerprint density at radius 2 is 2.43 bits per heavy atom. The molecule has 42 valence electrons. The molecule has 0 N–H and O–H groups in total. The van der Waals surface area contributed by atoms with E-state index in [0.717, 1.165) is 6.61 Å². The minimum absolute atomic E-state index is 0.790. The molecular formula is C5H12OSi. The predicted molar refractivity (Wildman–Crippen MR) is 35.5 cm³/mol. The Morgan fingerprint density at radius 1 is 1.71 bits per heavy atom. The van der Waals surface area contributed by atoms with Gasteiger partial charge < -0.3 is 4.74 Å². The highest BCUT2D eigenvalue weighted by molar-refractivity contribution is 6.09. The van der Waals surface area contributed by atoms with E-state index < -0.39 is 0 Å². The third-order valence-corrected chi connectivity index (χ3v) is 1.07. The molecule has 0 aliphatic rings. The number of hydrogen-bond donors (Lipinski definition) is 0. The smallest absolute Gasteiger partial charge is 0.0845 e. The molecule has 0 bridgehead atoms. The molecule has 0 saturated carbocycles. The summed E-state index contributed by atoms with van der Waals surface area (Å²) in [4.78, 5) is 0. The van der Waals surface area contributed by atoms with Crippen molar-refractivity contribution in [2.45, 2.75) is 13.0 Å². The van der Waals surface area contributed by atoms with Gasteiger partial charge in [-0.15, -0.1) is 0 Å². The van der Waals surface area contributed by atoms with E-state index in [2.05, 4.69) is 6.08 Å². The van der Waals surface area contributed by atoms with Crippen molar-refractivity contribution in [1.29, 1.82) is 0 Å². The van der Waals surface area contributed by atoms with Crippen LogP contribution in [0, 0.1) is 0 Å². The lowest BCUT2D eigenvalue weighted by Crippen LogP contribution is -1.75. The van der Waals surface area contributed by atoms with Gasteiger partial charge in [0.2, 0.25) is 0 Å². The van der Waals surface area contributed by atoms with E-state index in [9.17, 15) is 0 Å². The summed E-state index contributed by atoms with van der Waals surface area (Å²) in [6.07, 6.45) is 3.82. The Hall–Kier alpha value is -0.243. The van der Waals surface area contributed by atoms with Gasteiger partial charge >= 0.3 is 0 Å². The van der Waals surface area contributed by atoms with Gasteiger partial charge in [-0.1, -0.05) is 6.08 Å². The average molecular weight is 116 g/mol. The van der Waals surface area contributed by atoms with E-state index in [-0.39, 0.29) is 0 Å². The first-order valence-electron chi connectivity index (χ1n) is 2.68. The molecule has 0 unspecified atom stereocenters. The molecule has 2 heteroatoms. The lowest BCUT2D eigenvalue weighted by Gasteiger charge is -1.88. The molecule has 0 aromatic rings. The Balaban J connectivity index is 2.78. The first-order valence-corrected chi connectivity index (χ1v) is 4.09. The molecule has 0 saturated heterocycles. The van der Waals surface area contributed by atoms with Gasteiger partial charge in [-0.05, 0) is 13.0 Å². The van der Waals surface area contributed by atoms with Gasteiger partial charge in [0.15, 0.2) is 0 Å². The van der Waals surface area contributed by atoms with E-state index >= 15 is 0 Å². The zero-order chi connectivity index (χ0) is 5.54. The average Bonchev–Trinajstić information content (AvgIpc) is 1.69. The van der Waals surface area contributed by atoms with E-state index in [1.807, 2.05) is 6.92 Å². The molecule has 0 radical (unpaired) electrons. The van der Waals surface area contributed by atoms with Gasteiger partial charge in [0, 0.05) is 10.2 Å². The highest BCUT2D eigenvalue weighted by Gasteiger charge is 1.65. The summed E-state index contributed by atoms with van der Waals surface area (Å²) in [5.74, 6) is 0. The van der Waals surface area contributed by atoms with Crippen LogP contribution in [0.25, 0.3) is 0 Å². The number of rotatable bonds is 3. The Kier molecular flexibility index (Phi) is 5.56. The second-order valence-electron chi connectivity index (χ2n) is 1.24. The predicted octanol–water partition coefficient (Wildman–Crippen LogP) is 0.320. The molecule has 0 aliphatic heterocycles. The van der Waals surface area contributed by atoms with Crippen LogP contribution >= 0.6 is 0 Å². The molecule has 0 fully saturated rings. The fourth-order valence-electron chi connectivity index (χ4n) is 0.260. The van der Waals surface area contributed by atoms with Crippen molar-refractivity contribution in [3.05, 3.63) is 12.3 Å². The Bertz CT molecular complexity index is 52.0. The minimum atomic E-state index is 0.790. The minimum Gasteiger partial charge on any atom is -0.502 e. The highest BCUT2D eigenvalue weighted by atomic mass is 28.1. The molecule has 0 spiro atoms. The maximum atomic E-state index is 4.92. The van der Waals surface area contributed by atoms with Crippen LogP contribution in [-0.2, 0) is 4.74 Å². The van der Waals surface area contributed by atoms with E-state index in [4.69, 9.17) is 4.74 Å². The lowest BCUT2D eigenvalue weighted by atomic mass is 10.7. The fourth-order valence-corrected chi connectivity index (χ4v) is 0.453. The maximum absolute atomic E-state index is 4.92. The molecule has 0 aliphatic carbocycles. The largest absolute Gasteiger partial charge is 0.502 e. The second kappa shape index (κ2) is 5.76. The number of allylic oxidation sites excluding steroid dienone is 1. The fraction of sp³-hybridized carbons (Fsp3) is 0.600. The van der Waals surface area contributed by atoms with Crippen LogP contribution in [-0.4, -0.2) is 16.8 Å². The van der Waals surface area contributed by atoms with Crippen LogP contribution in [0.15, 0.2) is 12.3 Å². The molecule has 1 nitrogen and oxygen atoms in total. The lowest BCUT2D eigenvalue weighted by molar-refractivity contribution is 0.269. The van der Waals surface area contributed by atoms with Gasteiger partial charge in [-0.2, -0.15) is 0 Å². The first kappa shape index (κ1) is 6.76. The van der Waals surface area contributed by atoms with Crippen LogP contribution in [0.2, 0.25) is 6.04 Å². The van der Waals surface area contributed by atoms with Gasteiger partial charge in [-0.25, -0.2) is 0 Å². The van der Waals surface area contributed by atoms with Crippen LogP contribution in [0.5, 0.6) is 0 Å². The van der Waals surface area contributed by atoms with E-state index in [0.29, 0.717) is 0 Å². The zero-order valence-electron chi connectivity index (χ0n) is 4.98. The van der Waals surface area contributed by atoms with Crippen molar-refractivity contribution in [3.8, 4) is 0 Å². The topological polar surface area (TPSA) is 9.23 Å². The molecule has 0 amide bonds. The van der Waals surface area contributed by atoms with Crippen molar-refractivity contribution >= 4 is 10.2 Å². The van der Waals surface area contributed by atoms with Crippen LogP contribution in [0.4, 0.5) is 0 Å².